The van der Waals surface area contributed by atoms with Crippen LogP contribution in [0.25, 0.3) is 0 Å². The molecular formula is C14H14BrN3O. The quantitative estimate of drug-likeness (QED) is 0.351. The van der Waals surface area contributed by atoms with Crippen molar-refractivity contribution in [3.63, 3.8) is 0 Å². The Morgan fingerprint density at radius 3 is 2.63 bits per heavy atom. The number of hydrogen-bond donors (Lipinski definition) is 3. The van der Waals surface area contributed by atoms with Gasteiger partial charge in [-0.05, 0) is 35.9 Å². The van der Waals surface area contributed by atoms with Crippen LogP contribution in [-0.4, -0.2) is 11.0 Å². The number of amidine groups is 1. The fourth-order valence-electron chi connectivity index (χ4n) is 1.67. The van der Waals surface area contributed by atoms with Crippen molar-refractivity contribution in [2.45, 2.75) is 6.54 Å². The monoisotopic (exact) mass is 319 g/mol. The third-order valence-electron chi connectivity index (χ3n) is 2.67. The highest BCUT2D eigenvalue weighted by Gasteiger charge is 2.00. The zero-order valence-electron chi connectivity index (χ0n) is 10.2. The summed E-state index contributed by atoms with van der Waals surface area (Å²) in [6.45, 7) is 0.675. The molecule has 0 radical (unpaired) electrons. The fraction of sp³-hybridized carbons (Fsp3) is 0.0714. The van der Waals surface area contributed by atoms with Crippen molar-refractivity contribution in [3.8, 4) is 0 Å². The van der Waals surface area contributed by atoms with Crippen molar-refractivity contribution >= 4 is 27.5 Å². The summed E-state index contributed by atoms with van der Waals surface area (Å²) < 4.78 is 1.05. The SMILES string of the molecule is NC(=NO)c1cccc(CNc2ccc(Br)cc2)c1. The van der Waals surface area contributed by atoms with Crippen LogP contribution in [0.2, 0.25) is 0 Å². The summed E-state index contributed by atoms with van der Waals surface area (Å²) >= 11 is 3.40. The first kappa shape index (κ1) is 13.4. The maximum Gasteiger partial charge on any atom is 0.170 e. The number of oxime groups is 1. The maximum absolute atomic E-state index is 8.66. The second-order valence-corrected chi connectivity index (χ2v) is 4.96. The van der Waals surface area contributed by atoms with Crippen molar-refractivity contribution in [3.05, 3.63) is 64.1 Å². The average Bonchev–Trinajstić information content (AvgIpc) is 2.46. The van der Waals surface area contributed by atoms with Crippen LogP contribution in [0.1, 0.15) is 11.1 Å². The second-order valence-electron chi connectivity index (χ2n) is 4.05. The summed E-state index contributed by atoms with van der Waals surface area (Å²) in [5, 5.41) is 15.0. The van der Waals surface area contributed by atoms with Gasteiger partial charge < -0.3 is 16.3 Å². The van der Waals surface area contributed by atoms with Crippen LogP contribution < -0.4 is 11.1 Å². The van der Waals surface area contributed by atoms with E-state index in [0.717, 1.165) is 15.7 Å². The van der Waals surface area contributed by atoms with Crippen LogP contribution in [0.15, 0.2) is 58.2 Å². The Morgan fingerprint density at radius 1 is 1.21 bits per heavy atom. The highest BCUT2D eigenvalue weighted by atomic mass is 79.9. The third kappa shape index (κ3) is 3.72. The lowest BCUT2D eigenvalue weighted by Gasteiger charge is -2.08. The Bertz CT molecular complexity index is 581. The molecule has 0 atom stereocenters. The highest BCUT2D eigenvalue weighted by molar-refractivity contribution is 9.10. The molecule has 0 heterocycles. The summed E-state index contributed by atoms with van der Waals surface area (Å²) in [7, 11) is 0. The van der Waals surface area contributed by atoms with Crippen LogP contribution >= 0.6 is 15.9 Å². The van der Waals surface area contributed by atoms with Gasteiger partial charge in [-0.1, -0.05) is 39.3 Å². The molecule has 0 aliphatic carbocycles. The van der Waals surface area contributed by atoms with Crippen LogP contribution in [0.3, 0.4) is 0 Å². The fourth-order valence-corrected chi connectivity index (χ4v) is 1.93. The Kier molecular flexibility index (Phi) is 4.41. The van der Waals surface area contributed by atoms with Gasteiger partial charge in [0.25, 0.3) is 0 Å². The number of rotatable bonds is 4. The molecule has 4 N–H and O–H groups in total. The van der Waals surface area contributed by atoms with E-state index in [1.165, 1.54) is 0 Å². The Labute approximate surface area is 120 Å². The van der Waals surface area contributed by atoms with E-state index in [2.05, 4.69) is 26.4 Å². The van der Waals surface area contributed by atoms with Gasteiger partial charge in [0.15, 0.2) is 5.84 Å². The number of anilines is 1. The van der Waals surface area contributed by atoms with Gasteiger partial charge >= 0.3 is 0 Å². The minimum atomic E-state index is 0.116. The first-order valence-corrected chi connectivity index (χ1v) is 6.54. The lowest BCUT2D eigenvalue weighted by Crippen LogP contribution is -2.13. The van der Waals surface area contributed by atoms with Crippen molar-refractivity contribution < 1.29 is 5.21 Å². The lowest BCUT2D eigenvalue weighted by molar-refractivity contribution is 0.318. The van der Waals surface area contributed by atoms with Crippen LogP contribution in [-0.2, 0) is 6.54 Å². The number of benzene rings is 2. The van der Waals surface area contributed by atoms with Crippen molar-refractivity contribution in [1.82, 2.24) is 0 Å². The minimum Gasteiger partial charge on any atom is -0.409 e. The molecule has 2 aromatic carbocycles. The number of halogens is 1. The molecule has 4 nitrogen and oxygen atoms in total. The standard InChI is InChI=1S/C14H14BrN3O/c15-12-4-6-13(7-5-12)17-9-10-2-1-3-11(8-10)14(16)18-19/h1-8,17,19H,9H2,(H2,16,18). The van der Waals surface area contributed by atoms with E-state index >= 15 is 0 Å². The molecule has 0 saturated heterocycles. The molecule has 0 fully saturated rings. The molecule has 2 rings (SSSR count). The summed E-state index contributed by atoms with van der Waals surface area (Å²) in [5.74, 6) is 0.116. The highest BCUT2D eigenvalue weighted by Crippen LogP contribution is 2.15. The predicted molar refractivity (Wildman–Crippen MR) is 80.4 cm³/mol. The Hall–Kier alpha value is -2.01. The lowest BCUT2D eigenvalue weighted by atomic mass is 10.1. The van der Waals surface area contributed by atoms with Crippen LogP contribution in [0.4, 0.5) is 5.69 Å². The van der Waals surface area contributed by atoms with Gasteiger partial charge in [-0.3, -0.25) is 0 Å². The molecule has 0 aliphatic heterocycles. The Morgan fingerprint density at radius 2 is 1.95 bits per heavy atom. The largest absolute Gasteiger partial charge is 0.409 e. The summed E-state index contributed by atoms with van der Waals surface area (Å²) in [4.78, 5) is 0. The van der Waals surface area contributed by atoms with E-state index in [1.54, 1.807) is 6.07 Å². The molecule has 0 amide bonds. The maximum atomic E-state index is 8.66. The van der Waals surface area contributed by atoms with Crippen LogP contribution in [0.5, 0.6) is 0 Å². The number of hydrogen-bond acceptors (Lipinski definition) is 3. The van der Waals surface area contributed by atoms with Crippen molar-refractivity contribution in [2.75, 3.05) is 5.32 Å². The van der Waals surface area contributed by atoms with Gasteiger partial charge in [0.2, 0.25) is 0 Å². The predicted octanol–water partition coefficient (Wildman–Crippen LogP) is 3.16. The molecule has 0 spiro atoms. The smallest absolute Gasteiger partial charge is 0.170 e. The molecule has 2 aromatic rings. The zero-order valence-corrected chi connectivity index (χ0v) is 11.8. The van der Waals surface area contributed by atoms with Crippen LogP contribution in [0, 0.1) is 0 Å². The van der Waals surface area contributed by atoms with Gasteiger partial charge in [-0.2, -0.15) is 0 Å². The molecule has 0 aliphatic rings. The Balaban J connectivity index is 2.05. The number of nitrogens with two attached hydrogens (primary N) is 1. The molecule has 98 valence electrons. The minimum absolute atomic E-state index is 0.116. The molecule has 0 unspecified atom stereocenters. The van der Waals surface area contributed by atoms with E-state index in [0.29, 0.717) is 12.1 Å². The van der Waals surface area contributed by atoms with Crippen molar-refractivity contribution in [2.24, 2.45) is 10.9 Å². The van der Waals surface area contributed by atoms with Gasteiger partial charge in [0.1, 0.15) is 0 Å². The molecule has 0 bridgehead atoms. The topological polar surface area (TPSA) is 70.6 Å². The van der Waals surface area contributed by atoms with Gasteiger partial charge in [0, 0.05) is 22.3 Å². The van der Waals surface area contributed by atoms with E-state index in [1.807, 2.05) is 42.5 Å². The molecule has 0 aromatic heterocycles. The van der Waals surface area contributed by atoms with E-state index in [9.17, 15) is 0 Å². The number of nitrogens with one attached hydrogen (secondary N) is 1. The van der Waals surface area contributed by atoms with E-state index in [-0.39, 0.29) is 5.84 Å². The van der Waals surface area contributed by atoms with Gasteiger partial charge in [0.05, 0.1) is 0 Å². The van der Waals surface area contributed by atoms with Gasteiger partial charge in [-0.15, -0.1) is 0 Å². The molecule has 5 heteroatoms. The molecule has 0 saturated carbocycles. The number of nitrogens with zero attached hydrogens (tertiary/aromatic N) is 1. The zero-order chi connectivity index (χ0) is 13.7. The third-order valence-corrected chi connectivity index (χ3v) is 3.20. The molecule has 19 heavy (non-hydrogen) atoms. The summed E-state index contributed by atoms with van der Waals surface area (Å²) in [5.41, 5.74) is 8.37. The second kappa shape index (κ2) is 6.24. The van der Waals surface area contributed by atoms with Crippen molar-refractivity contribution in [1.29, 1.82) is 0 Å². The van der Waals surface area contributed by atoms with E-state index in [4.69, 9.17) is 10.9 Å². The normalized spacial score (nSPS) is 11.3. The average molecular weight is 320 g/mol. The first-order chi connectivity index (χ1) is 9.19. The van der Waals surface area contributed by atoms with E-state index < -0.39 is 0 Å². The van der Waals surface area contributed by atoms with Gasteiger partial charge in [-0.25, -0.2) is 0 Å². The summed E-state index contributed by atoms with van der Waals surface area (Å²) in [6, 6.07) is 15.5. The first-order valence-electron chi connectivity index (χ1n) is 5.75. The summed E-state index contributed by atoms with van der Waals surface area (Å²) in [6.07, 6.45) is 0. The molecular weight excluding hydrogens is 306 g/mol.